The van der Waals surface area contributed by atoms with Crippen molar-refractivity contribution in [3.8, 4) is 0 Å². The second-order valence-electron chi connectivity index (χ2n) is 3.87. The highest BCUT2D eigenvalue weighted by Crippen LogP contribution is 2.09. The van der Waals surface area contributed by atoms with Gasteiger partial charge in [-0.2, -0.15) is 0 Å². The molecule has 1 rings (SSSR count). The van der Waals surface area contributed by atoms with E-state index in [2.05, 4.69) is 5.32 Å². The average molecular weight is 274 g/mol. The van der Waals surface area contributed by atoms with Crippen molar-refractivity contribution in [2.45, 2.75) is 13.3 Å². The summed E-state index contributed by atoms with van der Waals surface area (Å²) < 4.78 is 18.1. The molecule has 0 saturated carbocycles. The lowest BCUT2D eigenvalue weighted by Gasteiger charge is -2.07. The number of ether oxygens (including phenoxy) is 1. The van der Waals surface area contributed by atoms with Gasteiger partial charge in [-0.1, -0.05) is 0 Å². The van der Waals surface area contributed by atoms with E-state index in [1.54, 1.807) is 6.92 Å². The summed E-state index contributed by atoms with van der Waals surface area (Å²) in [6, 6.07) is 4.12. The third-order valence-corrected chi connectivity index (χ3v) is 2.56. The van der Waals surface area contributed by atoms with E-state index in [1.807, 2.05) is 0 Å². The van der Waals surface area contributed by atoms with Gasteiger partial charge in [0.2, 0.25) is 0 Å². The normalized spacial score (nSPS) is 10.4. The van der Waals surface area contributed by atoms with Crippen molar-refractivity contribution in [1.29, 1.82) is 0 Å². The highest BCUT2D eigenvalue weighted by molar-refractivity contribution is 6.17. The Bertz CT molecular complexity index is 399. The largest absolute Gasteiger partial charge is 0.380 e. The molecular weight excluding hydrogens is 257 g/mol. The number of benzene rings is 1. The number of rotatable bonds is 7. The molecular formula is C13H17ClFNO2. The van der Waals surface area contributed by atoms with E-state index >= 15 is 0 Å². The summed E-state index contributed by atoms with van der Waals surface area (Å²) in [5.74, 6) is -0.0513. The molecule has 3 nitrogen and oxygen atoms in total. The maximum absolute atomic E-state index is 12.9. The molecule has 0 aliphatic carbocycles. The van der Waals surface area contributed by atoms with Crippen LogP contribution in [-0.2, 0) is 4.74 Å². The van der Waals surface area contributed by atoms with Crippen molar-refractivity contribution < 1.29 is 13.9 Å². The molecule has 100 valence electrons. The SMILES string of the molecule is Cc1cc(F)ccc1C(=O)NCCCOCCCl. The fourth-order valence-electron chi connectivity index (χ4n) is 1.51. The van der Waals surface area contributed by atoms with Gasteiger partial charge in [0.1, 0.15) is 5.82 Å². The number of aryl methyl sites for hydroxylation is 1. The van der Waals surface area contributed by atoms with Gasteiger partial charge < -0.3 is 10.1 Å². The first-order chi connectivity index (χ1) is 8.65. The van der Waals surface area contributed by atoms with Gasteiger partial charge >= 0.3 is 0 Å². The van der Waals surface area contributed by atoms with Crippen LogP contribution in [0.1, 0.15) is 22.3 Å². The molecule has 0 heterocycles. The minimum Gasteiger partial charge on any atom is -0.380 e. The third kappa shape index (κ3) is 5.02. The fourth-order valence-corrected chi connectivity index (χ4v) is 1.62. The summed E-state index contributed by atoms with van der Waals surface area (Å²) in [5.41, 5.74) is 1.13. The molecule has 0 radical (unpaired) electrons. The molecule has 0 spiro atoms. The van der Waals surface area contributed by atoms with E-state index in [9.17, 15) is 9.18 Å². The molecule has 0 bridgehead atoms. The predicted molar refractivity (Wildman–Crippen MR) is 69.6 cm³/mol. The van der Waals surface area contributed by atoms with E-state index in [4.69, 9.17) is 16.3 Å². The first kappa shape index (κ1) is 14.9. The number of carbonyl (C=O) groups is 1. The van der Waals surface area contributed by atoms with E-state index < -0.39 is 0 Å². The van der Waals surface area contributed by atoms with Crippen molar-refractivity contribution in [3.63, 3.8) is 0 Å². The minimum absolute atomic E-state index is 0.190. The highest BCUT2D eigenvalue weighted by Gasteiger charge is 2.08. The zero-order chi connectivity index (χ0) is 13.4. The quantitative estimate of drug-likeness (QED) is 0.612. The predicted octanol–water partition coefficient (Wildman–Crippen LogP) is 2.51. The summed E-state index contributed by atoms with van der Waals surface area (Å²) in [4.78, 5) is 11.8. The van der Waals surface area contributed by atoms with Crippen LogP contribution in [0.3, 0.4) is 0 Å². The molecule has 5 heteroatoms. The van der Waals surface area contributed by atoms with Crippen LogP contribution in [0.25, 0.3) is 0 Å². The van der Waals surface area contributed by atoms with Crippen LogP contribution in [0.4, 0.5) is 4.39 Å². The third-order valence-electron chi connectivity index (χ3n) is 2.41. The van der Waals surface area contributed by atoms with E-state index in [0.29, 0.717) is 36.8 Å². The number of halogens is 2. The fraction of sp³-hybridized carbons (Fsp3) is 0.462. The van der Waals surface area contributed by atoms with Crippen LogP contribution < -0.4 is 5.32 Å². The minimum atomic E-state index is -0.335. The smallest absolute Gasteiger partial charge is 0.251 e. The maximum Gasteiger partial charge on any atom is 0.251 e. The monoisotopic (exact) mass is 273 g/mol. The topological polar surface area (TPSA) is 38.3 Å². The van der Waals surface area contributed by atoms with Crippen molar-refractivity contribution >= 4 is 17.5 Å². The molecule has 18 heavy (non-hydrogen) atoms. The maximum atomic E-state index is 12.9. The second kappa shape index (κ2) is 8.06. The first-order valence-electron chi connectivity index (χ1n) is 5.83. The molecule has 0 unspecified atom stereocenters. The van der Waals surface area contributed by atoms with Gasteiger partial charge in [-0.15, -0.1) is 11.6 Å². The molecule has 1 aromatic carbocycles. The van der Waals surface area contributed by atoms with Crippen molar-refractivity contribution in [3.05, 3.63) is 35.1 Å². The Hall–Kier alpha value is -1.13. The summed E-state index contributed by atoms with van der Waals surface area (Å²) in [6.45, 7) is 3.32. The van der Waals surface area contributed by atoms with Crippen molar-refractivity contribution in [1.82, 2.24) is 5.32 Å². The lowest BCUT2D eigenvalue weighted by atomic mass is 10.1. The lowest BCUT2D eigenvalue weighted by Crippen LogP contribution is -2.26. The standard InChI is InChI=1S/C13H17ClFNO2/c1-10-9-11(15)3-4-12(10)13(17)16-6-2-7-18-8-5-14/h3-4,9H,2,5-8H2,1H3,(H,16,17). The van der Waals surface area contributed by atoms with Gasteiger partial charge in [-0.25, -0.2) is 4.39 Å². The van der Waals surface area contributed by atoms with E-state index in [-0.39, 0.29) is 11.7 Å². The lowest BCUT2D eigenvalue weighted by molar-refractivity contribution is 0.0944. The molecule has 0 saturated heterocycles. The molecule has 0 atom stereocenters. The van der Waals surface area contributed by atoms with Gasteiger partial charge in [0.05, 0.1) is 6.61 Å². The zero-order valence-corrected chi connectivity index (χ0v) is 11.1. The van der Waals surface area contributed by atoms with Crippen LogP contribution in [0.15, 0.2) is 18.2 Å². The summed E-state index contributed by atoms with van der Waals surface area (Å²) in [6.07, 6.45) is 0.725. The summed E-state index contributed by atoms with van der Waals surface area (Å²) in [5, 5.41) is 2.76. The van der Waals surface area contributed by atoms with Crippen LogP contribution in [0.2, 0.25) is 0 Å². The molecule has 0 aromatic heterocycles. The number of alkyl halides is 1. The molecule has 0 aliphatic heterocycles. The molecule has 0 aliphatic rings. The molecule has 1 amide bonds. The van der Waals surface area contributed by atoms with Gasteiger partial charge in [-0.05, 0) is 37.1 Å². The number of carbonyl (C=O) groups excluding carboxylic acids is 1. The molecule has 1 N–H and O–H groups in total. The number of hydrogen-bond donors (Lipinski definition) is 1. The first-order valence-corrected chi connectivity index (χ1v) is 6.36. The van der Waals surface area contributed by atoms with Crippen molar-refractivity contribution in [2.24, 2.45) is 0 Å². The second-order valence-corrected chi connectivity index (χ2v) is 4.25. The molecule has 0 fully saturated rings. The Morgan fingerprint density at radius 3 is 2.89 bits per heavy atom. The highest BCUT2D eigenvalue weighted by atomic mass is 35.5. The van der Waals surface area contributed by atoms with Gasteiger partial charge in [0, 0.05) is 24.6 Å². The number of amides is 1. The van der Waals surface area contributed by atoms with Crippen LogP contribution in [0.5, 0.6) is 0 Å². The van der Waals surface area contributed by atoms with Gasteiger partial charge in [-0.3, -0.25) is 4.79 Å². The van der Waals surface area contributed by atoms with Crippen molar-refractivity contribution in [2.75, 3.05) is 25.6 Å². The molecule has 1 aromatic rings. The average Bonchev–Trinajstić information content (AvgIpc) is 2.33. The number of hydrogen-bond acceptors (Lipinski definition) is 2. The Morgan fingerprint density at radius 2 is 2.22 bits per heavy atom. The van der Waals surface area contributed by atoms with Crippen LogP contribution in [0, 0.1) is 12.7 Å². The number of nitrogens with one attached hydrogen (secondary N) is 1. The Balaban J connectivity index is 2.32. The summed E-state index contributed by atoms with van der Waals surface area (Å²) >= 11 is 5.45. The van der Waals surface area contributed by atoms with Crippen LogP contribution >= 0.6 is 11.6 Å². The van der Waals surface area contributed by atoms with Gasteiger partial charge in [0.15, 0.2) is 0 Å². The van der Waals surface area contributed by atoms with Gasteiger partial charge in [0.25, 0.3) is 5.91 Å². The van der Waals surface area contributed by atoms with Crippen LogP contribution in [-0.4, -0.2) is 31.5 Å². The van der Waals surface area contributed by atoms with E-state index in [1.165, 1.54) is 18.2 Å². The Kier molecular flexibility index (Phi) is 6.68. The summed E-state index contributed by atoms with van der Waals surface area (Å²) in [7, 11) is 0. The zero-order valence-electron chi connectivity index (χ0n) is 10.3. The van der Waals surface area contributed by atoms with E-state index in [0.717, 1.165) is 6.42 Å². The Labute approximate surface area is 111 Å². The Morgan fingerprint density at radius 1 is 1.44 bits per heavy atom.